The molecule has 0 bridgehead atoms. The van der Waals surface area contributed by atoms with Gasteiger partial charge >= 0.3 is 0 Å². The van der Waals surface area contributed by atoms with Gasteiger partial charge in [0.1, 0.15) is 9.32 Å². The average molecular weight is 357 g/mol. The van der Waals surface area contributed by atoms with Crippen LogP contribution in [-0.2, 0) is 0 Å². The van der Waals surface area contributed by atoms with Gasteiger partial charge in [0, 0.05) is 5.69 Å². The molecule has 0 spiro atoms. The lowest BCUT2D eigenvalue weighted by Crippen LogP contribution is -2.12. The van der Waals surface area contributed by atoms with Gasteiger partial charge in [0.15, 0.2) is 5.82 Å². The zero-order valence-electron chi connectivity index (χ0n) is 9.95. The summed E-state index contributed by atoms with van der Waals surface area (Å²) in [6.07, 6.45) is 1.38. The van der Waals surface area contributed by atoms with Crippen molar-refractivity contribution in [3.05, 3.63) is 44.0 Å². The monoisotopic (exact) mass is 357 g/mol. The van der Waals surface area contributed by atoms with E-state index in [1.807, 2.05) is 47.7 Å². The smallest absolute Gasteiger partial charge is 0.266 e. The number of H-pyrrole nitrogens is 1. The van der Waals surface area contributed by atoms with Crippen molar-refractivity contribution in [3.63, 3.8) is 0 Å². The fourth-order valence-corrected chi connectivity index (χ4v) is 1.99. The third-order valence-corrected chi connectivity index (χ3v) is 3.45. The number of rotatable bonds is 3. The maximum absolute atomic E-state index is 11.4. The number of aromatic amines is 1. The molecule has 1 aromatic carbocycles. The van der Waals surface area contributed by atoms with Crippen molar-refractivity contribution in [1.29, 1.82) is 0 Å². The minimum Gasteiger partial charge on any atom is -0.496 e. The van der Waals surface area contributed by atoms with Gasteiger partial charge in [0.25, 0.3) is 5.56 Å². The topological polar surface area (TPSA) is 67.0 Å². The van der Waals surface area contributed by atoms with E-state index in [9.17, 15) is 4.79 Å². The summed E-state index contributed by atoms with van der Waals surface area (Å²) < 4.78 is 5.72. The fourth-order valence-electron chi connectivity index (χ4n) is 1.56. The maximum Gasteiger partial charge on any atom is 0.266 e. The lowest BCUT2D eigenvalue weighted by atomic mass is 10.2. The number of ether oxygens (including phenoxy) is 1. The Morgan fingerprint density at radius 3 is 2.89 bits per heavy atom. The van der Waals surface area contributed by atoms with Crippen LogP contribution in [0.3, 0.4) is 0 Å². The van der Waals surface area contributed by atoms with E-state index in [0.29, 0.717) is 9.39 Å². The molecule has 0 unspecified atom stereocenters. The number of hydrogen-bond acceptors (Lipinski definition) is 4. The number of methoxy groups -OCH3 is 1. The Bertz CT molecular complexity index is 625. The van der Waals surface area contributed by atoms with Crippen LogP contribution in [0.15, 0.2) is 29.3 Å². The molecule has 0 saturated carbocycles. The molecule has 2 N–H and O–H groups in total. The second-order valence-electron chi connectivity index (χ2n) is 3.70. The molecule has 6 heteroatoms. The minimum absolute atomic E-state index is 0.154. The molecular formula is C12H12IN3O2. The lowest BCUT2D eigenvalue weighted by Gasteiger charge is -2.09. The summed E-state index contributed by atoms with van der Waals surface area (Å²) in [6, 6.07) is 5.69. The van der Waals surface area contributed by atoms with Crippen molar-refractivity contribution < 1.29 is 4.74 Å². The molecule has 18 heavy (non-hydrogen) atoms. The summed E-state index contributed by atoms with van der Waals surface area (Å²) >= 11 is 1.96. The van der Waals surface area contributed by atoms with Crippen LogP contribution in [0.25, 0.3) is 0 Å². The predicted molar refractivity (Wildman–Crippen MR) is 78.6 cm³/mol. The van der Waals surface area contributed by atoms with Crippen LogP contribution in [-0.4, -0.2) is 17.1 Å². The number of nitrogens with one attached hydrogen (secondary N) is 2. The van der Waals surface area contributed by atoms with E-state index in [4.69, 9.17) is 4.74 Å². The first-order valence-electron chi connectivity index (χ1n) is 5.26. The Balaban J connectivity index is 2.32. The van der Waals surface area contributed by atoms with Crippen LogP contribution in [0.5, 0.6) is 5.75 Å². The van der Waals surface area contributed by atoms with Gasteiger partial charge in [-0.15, -0.1) is 0 Å². The third kappa shape index (κ3) is 2.63. The van der Waals surface area contributed by atoms with Gasteiger partial charge in [-0.25, -0.2) is 4.98 Å². The summed E-state index contributed by atoms with van der Waals surface area (Å²) in [6.45, 7) is 1.96. The number of aryl methyl sites for hydroxylation is 1. The first-order chi connectivity index (χ1) is 8.61. The van der Waals surface area contributed by atoms with Crippen molar-refractivity contribution in [2.24, 2.45) is 0 Å². The van der Waals surface area contributed by atoms with Gasteiger partial charge in [-0.2, -0.15) is 0 Å². The Morgan fingerprint density at radius 2 is 2.22 bits per heavy atom. The van der Waals surface area contributed by atoms with Crippen molar-refractivity contribution in [3.8, 4) is 5.75 Å². The van der Waals surface area contributed by atoms with Crippen LogP contribution in [0.1, 0.15) is 5.56 Å². The largest absolute Gasteiger partial charge is 0.496 e. The predicted octanol–water partition coefficient (Wildman–Crippen LogP) is 2.44. The standard InChI is InChI=1S/C12H12IN3O2/c1-7-5-8(3-4-9(7)18-2)16-11-10(13)12(17)15-6-14-11/h3-6H,1-2H3,(H2,14,15,16,17). The average Bonchev–Trinajstić information content (AvgIpc) is 2.35. The first kappa shape index (κ1) is 12.9. The molecule has 0 radical (unpaired) electrons. The number of benzene rings is 1. The minimum atomic E-state index is -0.154. The van der Waals surface area contributed by atoms with Crippen LogP contribution >= 0.6 is 22.6 Å². The number of nitrogens with zero attached hydrogens (tertiary/aromatic N) is 1. The van der Waals surface area contributed by atoms with Crippen molar-refractivity contribution in [2.45, 2.75) is 6.92 Å². The van der Waals surface area contributed by atoms with Gasteiger partial charge in [-0.3, -0.25) is 4.79 Å². The summed E-state index contributed by atoms with van der Waals surface area (Å²) in [4.78, 5) is 18.1. The van der Waals surface area contributed by atoms with E-state index in [0.717, 1.165) is 17.0 Å². The van der Waals surface area contributed by atoms with Crippen molar-refractivity contribution in [1.82, 2.24) is 9.97 Å². The molecule has 2 aromatic rings. The zero-order valence-corrected chi connectivity index (χ0v) is 12.1. The third-order valence-electron chi connectivity index (χ3n) is 2.45. The van der Waals surface area contributed by atoms with E-state index in [-0.39, 0.29) is 5.56 Å². The van der Waals surface area contributed by atoms with Crippen molar-refractivity contribution >= 4 is 34.1 Å². The van der Waals surface area contributed by atoms with Crippen molar-refractivity contribution in [2.75, 3.05) is 12.4 Å². The lowest BCUT2D eigenvalue weighted by molar-refractivity contribution is 0.412. The number of aromatic nitrogens is 2. The second kappa shape index (κ2) is 5.38. The first-order valence-corrected chi connectivity index (χ1v) is 6.34. The highest BCUT2D eigenvalue weighted by atomic mass is 127. The molecule has 2 rings (SSSR count). The van der Waals surface area contributed by atoms with Gasteiger partial charge in [-0.05, 0) is 53.3 Å². The Morgan fingerprint density at radius 1 is 1.44 bits per heavy atom. The van der Waals surface area contributed by atoms with E-state index in [1.165, 1.54) is 6.33 Å². The van der Waals surface area contributed by atoms with Gasteiger partial charge in [-0.1, -0.05) is 0 Å². The van der Waals surface area contributed by atoms with Gasteiger partial charge in [0.2, 0.25) is 0 Å². The molecule has 0 aliphatic rings. The molecule has 0 atom stereocenters. The summed E-state index contributed by atoms with van der Waals surface area (Å²) in [5.74, 6) is 1.37. The molecule has 1 heterocycles. The molecular weight excluding hydrogens is 345 g/mol. The highest BCUT2D eigenvalue weighted by Crippen LogP contribution is 2.24. The molecule has 0 saturated heterocycles. The quantitative estimate of drug-likeness (QED) is 0.829. The second-order valence-corrected chi connectivity index (χ2v) is 4.78. The molecule has 0 fully saturated rings. The molecule has 0 amide bonds. The SMILES string of the molecule is COc1ccc(Nc2nc[nH]c(=O)c2I)cc1C. The maximum atomic E-state index is 11.4. The highest BCUT2D eigenvalue weighted by Gasteiger charge is 2.06. The molecule has 0 aliphatic carbocycles. The summed E-state index contributed by atoms with van der Waals surface area (Å²) in [7, 11) is 1.64. The van der Waals surface area contributed by atoms with E-state index in [1.54, 1.807) is 7.11 Å². The van der Waals surface area contributed by atoms with E-state index < -0.39 is 0 Å². The normalized spacial score (nSPS) is 10.2. The van der Waals surface area contributed by atoms with E-state index >= 15 is 0 Å². The zero-order chi connectivity index (χ0) is 13.1. The summed E-state index contributed by atoms with van der Waals surface area (Å²) in [5, 5.41) is 3.11. The Hall–Kier alpha value is -1.57. The number of hydrogen-bond donors (Lipinski definition) is 2. The molecule has 1 aromatic heterocycles. The molecule has 5 nitrogen and oxygen atoms in total. The van der Waals surface area contributed by atoms with Crippen LogP contribution in [0.4, 0.5) is 11.5 Å². The van der Waals surface area contributed by atoms with Crippen LogP contribution in [0.2, 0.25) is 0 Å². The van der Waals surface area contributed by atoms with Gasteiger partial charge in [0.05, 0.1) is 13.4 Å². The molecule has 94 valence electrons. The van der Waals surface area contributed by atoms with E-state index in [2.05, 4.69) is 15.3 Å². The van der Waals surface area contributed by atoms with Crippen LogP contribution in [0, 0.1) is 10.5 Å². The fraction of sp³-hybridized carbons (Fsp3) is 0.167. The molecule has 0 aliphatic heterocycles. The summed E-state index contributed by atoms with van der Waals surface area (Å²) in [5.41, 5.74) is 1.73. The Labute approximate surface area is 118 Å². The highest BCUT2D eigenvalue weighted by molar-refractivity contribution is 14.1. The number of halogens is 1. The van der Waals surface area contributed by atoms with Crippen LogP contribution < -0.4 is 15.6 Å². The van der Waals surface area contributed by atoms with Gasteiger partial charge < -0.3 is 15.0 Å². The number of anilines is 2. The Kier molecular flexibility index (Phi) is 3.85.